The lowest BCUT2D eigenvalue weighted by Crippen LogP contribution is -2.36. The van der Waals surface area contributed by atoms with Crippen LogP contribution in [0.5, 0.6) is 0 Å². The van der Waals surface area contributed by atoms with Crippen LogP contribution in [0, 0.1) is 5.92 Å². The molecule has 1 heterocycles. The van der Waals surface area contributed by atoms with Crippen molar-refractivity contribution < 1.29 is 4.42 Å². The van der Waals surface area contributed by atoms with Gasteiger partial charge in [-0.1, -0.05) is 26.2 Å². The highest BCUT2D eigenvalue weighted by Gasteiger charge is 2.18. The molecule has 3 atom stereocenters. The van der Waals surface area contributed by atoms with E-state index in [1.165, 1.54) is 44.9 Å². The molecule has 0 aliphatic heterocycles. The first-order valence-electron chi connectivity index (χ1n) is 8.06. The first-order chi connectivity index (χ1) is 9.28. The van der Waals surface area contributed by atoms with Crippen LogP contribution in [0.1, 0.15) is 64.6 Å². The lowest BCUT2D eigenvalue weighted by molar-refractivity contribution is 0.377. The molecular weight excluding hydrogens is 234 g/mol. The second kappa shape index (κ2) is 7.74. The molecular formula is C17H29NO. The van der Waals surface area contributed by atoms with Gasteiger partial charge in [0.2, 0.25) is 0 Å². The Morgan fingerprint density at radius 2 is 2.21 bits per heavy atom. The Morgan fingerprint density at radius 1 is 1.32 bits per heavy atom. The predicted octanol–water partition coefficient (Wildman–Crippen LogP) is 4.55. The fourth-order valence-electron chi connectivity index (χ4n) is 3.25. The van der Waals surface area contributed by atoms with E-state index in [-0.39, 0.29) is 0 Å². The van der Waals surface area contributed by atoms with E-state index in [0.717, 1.165) is 24.1 Å². The molecule has 2 heteroatoms. The maximum atomic E-state index is 5.39. The maximum Gasteiger partial charge on any atom is 0.103 e. The minimum absolute atomic E-state index is 0.591. The summed E-state index contributed by atoms with van der Waals surface area (Å²) in [5.74, 6) is 2.09. The van der Waals surface area contributed by atoms with E-state index < -0.39 is 0 Å². The van der Waals surface area contributed by atoms with E-state index in [0.29, 0.717) is 6.04 Å². The van der Waals surface area contributed by atoms with E-state index in [9.17, 15) is 0 Å². The molecule has 19 heavy (non-hydrogen) atoms. The molecule has 1 aromatic heterocycles. The van der Waals surface area contributed by atoms with Gasteiger partial charge in [0.25, 0.3) is 0 Å². The van der Waals surface area contributed by atoms with Crippen molar-refractivity contribution >= 4 is 0 Å². The van der Waals surface area contributed by atoms with Gasteiger partial charge in [0, 0.05) is 18.5 Å². The molecule has 1 fully saturated rings. The number of rotatable bonds is 6. The summed E-state index contributed by atoms with van der Waals surface area (Å²) >= 11 is 0. The van der Waals surface area contributed by atoms with Gasteiger partial charge in [-0.15, -0.1) is 0 Å². The Labute approximate surface area is 118 Å². The van der Waals surface area contributed by atoms with E-state index in [2.05, 4.69) is 25.2 Å². The number of furan rings is 1. The number of hydrogen-bond acceptors (Lipinski definition) is 2. The summed E-state index contributed by atoms with van der Waals surface area (Å²) in [6, 6.07) is 5.38. The average molecular weight is 263 g/mol. The molecule has 1 saturated carbocycles. The van der Waals surface area contributed by atoms with Crippen LogP contribution in [0.4, 0.5) is 0 Å². The van der Waals surface area contributed by atoms with Gasteiger partial charge in [-0.2, -0.15) is 0 Å². The van der Waals surface area contributed by atoms with Crippen LogP contribution in [-0.4, -0.2) is 12.1 Å². The fourth-order valence-corrected chi connectivity index (χ4v) is 3.25. The summed E-state index contributed by atoms with van der Waals surface area (Å²) < 4.78 is 5.39. The zero-order valence-corrected chi connectivity index (χ0v) is 12.5. The number of nitrogens with one attached hydrogen (secondary N) is 1. The minimum atomic E-state index is 0.591. The Morgan fingerprint density at radius 3 is 2.95 bits per heavy atom. The largest absolute Gasteiger partial charge is 0.469 e. The first kappa shape index (κ1) is 14.6. The van der Waals surface area contributed by atoms with Crippen molar-refractivity contribution in [3.63, 3.8) is 0 Å². The molecule has 1 aromatic rings. The molecule has 0 spiro atoms. The predicted molar refractivity (Wildman–Crippen MR) is 80.3 cm³/mol. The van der Waals surface area contributed by atoms with E-state index in [1.54, 1.807) is 6.26 Å². The number of aryl methyl sites for hydroxylation is 1. The van der Waals surface area contributed by atoms with E-state index in [1.807, 2.05) is 6.07 Å². The monoisotopic (exact) mass is 263 g/mol. The lowest BCUT2D eigenvalue weighted by atomic mass is 9.97. The van der Waals surface area contributed by atoms with Gasteiger partial charge in [0.15, 0.2) is 0 Å². The van der Waals surface area contributed by atoms with Crippen molar-refractivity contribution in [3.05, 3.63) is 24.2 Å². The molecule has 108 valence electrons. The first-order valence-corrected chi connectivity index (χ1v) is 8.06. The van der Waals surface area contributed by atoms with Gasteiger partial charge >= 0.3 is 0 Å². The quantitative estimate of drug-likeness (QED) is 0.762. The molecule has 0 bridgehead atoms. The van der Waals surface area contributed by atoms with Crippen LogP contribution in [0.2, 0.25) is 0 Å². The maximum absolute atomic E-state index is 5.39. The summed E-state index contributed by atoms with van der Waals surface area (Å²) in [7, 11) is 0. The standard InChI is InChI=1S/C17H29NO/c1-3-15-6-4-7-16(11-10-15)18-14(2)9-12-17-8-5-13-19-17/h5,8,13-16,18H,3-4,6-7,9-12H2,1-2H3. The van der Waals surface area contributed by atoms with Crippen LogP contribution in [0.15, 0.2) is 22.8 Å². The van der Waals surface area contributed by atoms with Gasteiger partial charge in [-0.25, -0.2) is 0 Å². The Balaban J connectivity index is 1.68. The van der Waals surface area contributed by atoms with E-state index >= 15 is 0 Å². The molecule has 0 amide bonds. The van der Waals surface area contributed by atoms with Crippen molar-refractivity contribution in [3.8, 4) is 0 Å². The lowest BCUT2D eigenvalue weighted by Gasteiger charge is -2.22. The molecule has 0 aromatic carbocycles. The third-order valence-electron chi connectivity index (χ3n) is 4.59. The SMILES string of the molecule is CCC1CCCC(NC(C)CCc2ccco2)CC1. The van der Waals surface area contributed by atoms with Gasteiger partial charge in [-0.3, -0.25) is 0 Å². The highest BCUT2D eigenvalue weighted by Crippen LogP contribution is 2.25. The third kappa shape index (κ3) is 5.02. The molecule has 1 aliphatic carbocycles. The summed E-state index contributed by atoms with van der Waals surface area (Å²) in [4.78, 5) is 0. The molecule has 1 aliphatic rings. The summed E-state index contributed by atoms with van der Waals surface area (Å²) in [5.41, 5.74) is 0. The molecule has 0 saturated heterocycles. The van der Waals surface area contributed by atoms with Crippen LogP contribution >= 0.6 is 0 Å². The van der Waals surface area contributed by atoms with Crippen molar-refractivity contribution in [1.29, 1.82) is 0 Å². The second-order valence-electron chi connectivity index (χ2n) is 6.17. The van der Waals surface area contributed by atoms with E-state index in [4.69, 9.17) is 4.42 Å². The third-order valence-corrected chi connectivity index (χ3v) is 4.59. The average Bonchev–Trinajstić information content (AvgIpc) is 2.83. The summed E-state index contributed by atoms with van der Waals surface area (Å²) in [5, 5.41) is 3.82. The Hall–Kier alpha value is -0.760. The van der Waals surface area contributed by atoms with Gasteiger partial charge in [0.05, 0.1) is 6.26 Å². The van der Waals surface area contributed by atoms with Crippen LogP contribution in [-0.2, 0) is 6.42 Å². The van der Waals surface area contributed by atoms with Gasteiger partial charge in [0.1, 0.15) is 5.76 Å². The Kier molecular flexibility index (Phi) is 5.96. The van der Waals surface area contributed by atoms with Gasteiger partial charge in [-0.05, 0) is 50.7 Å². The van der Waals surface area contributed by atoms with Crippen molar-refractivity contribution in [2.24, 2.45) is 5.92 Å². The molecule has 2 rings (SSSR count). The van der Waals surface area contributed by atoms with Crippen LogP contribution in [0.3, 0.4) is 0 Å². The fraction of sp³-hybridized carbons (Fsp3) is 0.765. The molecule has 2 nitrogen and oxygen atoms in total. The highest BCUT2D eigenvalue weighted by molar-refractivity contribution is 4.98. The van der Waals surface area contributed by atoms with Crippen molar-refractivity contribution in [2.45, 2.75) is 77.3 Å². The van der Waals surface area contributed by atoms with Gasteiger partial charge < -0.3 is 9.73 Å². The zero-order valence-electron chi connectivity index (χ0n) is 12.5. The number of hydrogen-bond donors (Lipinski definition) is 1. The molecule has 3 unspecified atom stereocenters. The summed E-state index contributed by atoms with van der Waals surface area (Å²) in [6.07, 6.45) is 12.3. The van der Waals surface area contributed by atoms with Crippen LogP contribution in [0.25, 0.3) is 0 Å². The smallest absolute Gasteiger partial charge is 0.103 e. The minimum Gasteiger partial charge on any atom is -0.469 e. The molecule has 0 radical (unpaired) electrons. The van der Waals surface area contributed by atoms with Crippen molar-refractivity contribution in [1.82, 2.24) is 5.32 Å². The normalized spacial score (nSPS) is 26.0. The highest BCUT2D eigenvalue weighted by atomic mass is 16.3. The molecule has 1 N–H and O–H groups in total. The summed E-state index contributed by atoms with van der Waals surface area (Å²) in [6.45, 7) is 4.65. The van der Waals surface area contributed by atoms with Crippen LogP contribution < -0.4 is 5.32 Å². The second-order valence-corrected chi connectivity index (χ2v) is 6.17. The topological polar surface area (TPSA) is 25.2 Å². The van der Waals surface area contributed by atoms with Crippen molar-refractivity contribution in [2.75, 3.05) is 0 Å². The zero-order chi connectivity index (χ0) is 13.5. The Bertz CT molecular complexity index is 333.